The van der Waals surface area contributed by atoms with Gasteiger partial charge in [0.25, 0.3) is 0 Å². The maximum atomic E-state index is 13.2. The molecule has 0 bridgehead atoms. The molecular formula is C20H28N6O3. The summed E-state index contributed by atoms with van der Waals surface area (Å²) >= 11 is 0. The lowest BCUT2D eigenvalue weighted by molar-refractivity contribution is -0.528. The van der Waals surface area contributed by atoms with Crippen molar-refractivity contribution in [2.75, 3.05) is 0 Å². The van der Waals surface area contributed by atoms with E-state index >= 15 is 0 Å². The molecule has 2 heterocycles. The molecular weight excluding hydrogens is 372 g/mol. The number of aromatic nitrogens is 2. The summed E-state index contributed by atoms with van der Waals surface area (Å²) in [6, 6.07) is 6.57. The Kier molecular flexibility index (Phi) is 5.51. The molecule has 1 aromatic carbocycles. The minimum Gasteiger partial charge on any atom is -0.344 e. The summed E-state index contributed by atoms with van der Waals surface area (Å²) in [6.45, 7) is 4.17. The van der Waals surface area contributed by atoms with Crippen LogP contribution in [0.1, 0.15) is 51.4 Å². The number of amides is 1. The van der Waals surface area contributed by atoms with Gasteiger partial charge in [-0.2, -0.15) is 0 Å². The molecule has 1 amide bonds. The number of carbonyl (C=O) groups is 1. The highest BCUT2D eigenvalue weighted by Crippen LogP contribution is 2.32. The Bertz CT molecular complexity index is 866. The van der Waals surface area contributed by atoms with Crippen molar-refractivity contribution in [1.82, 2.24) is 26.1 Å². The lowest BCUT2D eigenvalue weighted by Crippen LogP contribution is -2.49. The molecule has 1 aliphatic heterocycles. The topological polar surface area (TPSA) is 125 Å². The fourth-order valence-electron chi connectivity index (χ4n) is 4.56. The predicted molar refractivity (Wildman–Crippen MR) is 108 cm³/mol. The zero-order chi connectivity index (χ0) is 20.5. The molecule has 29 heavy (non-hydrogen) atoms. The Hall–Kier alpha value is -2.52. The first-order valence-electron chi connectivity index (χ1n) is 10.4. The number of fused-ring (bicyclic) bond motifs is 2. The van der Waals surface area contributed by atoms with Gasteiger partial charge in [0, 0.05) is 29.7 Å². The number of imidazole rings is 1. The molecule has 2 fully saturated rings. The third kappa shape index (κ3) is 3.84. The summed E-state index contributed by atoms with van der Waals surface area (Å²) in [5, 5.41) is 14.4. The minimum atomic E-state index is -0.575. The van der Waals surface area contributed by atoms with Crippen LogP contribution in [0.4, 0.5) is 0 Å². The number of nitrogens with one attached hydrogen (secondary N) is 4. The lowest BCUT2D eigenvalue weighted by Gasteiger charge is -2.30. The highest BCUT2D eigenvalue weighted by Gasteiger charge is 2.47. The van der Waals surface area contributed by atoms with Crippen molar-refractivity contribution in [3.05, 3.63) is 40.2 Å². The van der Waals surface area contributed by atoms with Crippen LogP contribution in [0.2, 0.25) is 0 Å². The van der Waals surface area contributed by atoms with Gasteiger partial charge >= 0.3 is 0 Å². The quantitative estimate of drug-likeness (QED) is 0.434. The molecule has 0 spiro atoms. The molecule has 1 aromatic heterocycles. The van der Waals surface area contributed by atoms with Gasteiger partial charge in [0.2, 0.25) is 11.9 Å². The van der Waals surface area contributed by atoms with E-state index in [1.165, 1.54) is 0 Å². The third-order valence-corrected chi connectivity index (χ3v) is 6.52. The van der Waals surface area contributed by atoms with Crippen LogP contribution in [0, 0.1) is 22.0 Å². The van der Waals surface area contributed by atoms with E-state index in [9.17, 15) is 14.9 Å². The second-order valence-electron chi connectivity index (χ2n) is 8.30. The van der Waals surface area contributed by atoms with Crippen LogP contribution in [0.15, 0.2) is 24.3 Å². The molecule has 4 N–H and O–H groups in total. The summed E-state index contributed by atoms with van der Waals surface area (Å²) in [5.41, 5.74) is 8.06. The number of hydrogen-bond acceptors (Lipinski definition) is 6. The largest absolute Gasteiger partial charge is 0.344 e. The zero-order valence-electron chi connectivity index (χ0n) is 16.7. The Morgan fingerprint density at radius 1 is 1.34 bits per heavy atom. The SMILES string of the molecule is CCC(C)C(NC(=O)C1NNC2CCC([N+](=O)[O-])CC21)c1nc2ccccc2[nH]1. The molecule has 9 nitrogen and oxygen atoms in total. The maximum Gasteiger partial charge on any atom is 0.239 e. The molecule has 1 saturated carbocycles. The van der Waals surface area contributed by atoms with Crippen LogP contribution >= 0.6 is 0 Å². The van der Waals surface area contributed by atoms with Crippen LogP contribution in [0.25, 0.3) is 11.0 Å². The molecule has 1 saturated heterocycles. The monoisotopic (exact) mass is 400 g/mol. The standard InChI is InChI=1S/C20H28N6O3/c1-3-11(2)17(19-21-15-6-4-5-7-16(15)22-19)23-20(27)18-13-10-12(26(28)29)8-9-14(13)24-25-18/h4-7,11-14,17-18,24-25H,3,8-10H2,1-2H3,(H,21,22)(H,23,27). The van der Waals surface area contributed by atoms with Crippen molar-refractivity contribution in [1.29, 1.82) is 0 Å². The molecule has 0 radical (unpaired) electrons. The van der Waals surface area contributed by atoms with Gasteiger partial charge in [-0.05, 0) is 24.5 Å². The first-order valence-corrected chi connectivity index (χ1v) is 10.4. The molecule has 4 rings (SSSR count). The van der Waals surface area contributed by atoms with Gasteiger partial charge in [-0.15, -0.1) is 0 Å². The summed E-state index contributed by atoms with van der Waals surface area (Å²) in [4.78, 5) is 32.2. The molecule has 9 heteroatoms. The van der Waals surface area contributed by atoms with Gasteiger partial charge in [0.1, 0.15) is 11.9 Å². The van der Waals surface area contributed by atoms with E-state index in [0.717, 1.165) is 23.3 Å². The summed E-state index contributed by atoms with van der Waals surface area (Å²) in [7, 11) is 0. The number of rotatable bonds is 6. The van der Waals surface area contributed by atoms with Gasteiger partial charge < -0.3 is 10.3 Å². The molecule has 6 atom stereocenters. The number of hydrazine groups is 1. The van der Waals surface area contributed by atoms with Crippen LogP contribution in [0.5, 0.6) is 0 Å². The Labute approximate surface area is 169 Å². The minimum absolute atomic E-state index is 0.0904. The average molecular weight is 400 g/mol. The summed E-state index contributed by atoms with van der Waals surface area (Å²) in [6.07, 6.45) is 2.54. The van der Waals surface area contributed by atoms with E-state index in [4.69, 9.17) is 0 Å². The van der Waals surface area contributed by atoms with Gasteiger partial charge in [0.05, 0.1) is 17.1 Å². The van der Waals surface area contributed by atoms with Gasteiger partial charge in [-0.3, -0.25) is 20.3 Å². The number of carbonyl (C=O) groups excluding carboxylic acids is 1. The van der Waals surface area contributed by atoms with E-state index < -0.39 is 12.1 Å². The first kappa shape index (κ1) is 19.8. The van der Waals surface area contributed by atoms with E-state index in [2.05, 4.69) is 40.0 Å². The van der Waals surface area contributed by atoms with Crippen molar-refractivity contribution in [2.45, 2.75) is 63.7 Å². The van der Waals surface area contributed by atoms with Crippen LogP contribution in [0.3, 0.4) is 0 Å². The highest BCUT2D eigenvalue weighted by atomic mass is 16.6. The molecule has 156 valence electrons. The summed E-state index contributed by atoms with van der Waals surface area (Å²) in [5.74, 6) is 0.693. The Balaban J connectivity index is 1.53. The number of hydrogen-bond donors (Lipinski definition) is 4. The zero-order valence-corrected chi connectivity index (χ0v) is 16.7. The van der Waals surface area contributed by atoms with Crippen molar-refractivity contribution in [2.24, 2.45) is 11.8 Å². The molecule has 6 unspecified atom stereocenters. The van der Waals surface area contributed by atoms with Crippen LogP contribution < -0.4 is 16.2 Å². The first-order chi connectivity index (χ1) is 14.0. The maximum absolute atomic E-state index is 13.2. The van der Waals surface area contributed by atoms with Crippen LogP contribution in [-0.4, -0.2) is 38.9 Å². The second kappa shape index (κ2) is 8.08. The van der Waals surface area contributed by atoms with E-state index in [1.807, 2.05) is 24.3 Å². The van der Waals surface area contributed by atoms with E-state index in [1.54, 1.807) is 0 Å². The summed E-state index contributed by atoms with van der Waals surface area (Å²) < 4.78 is 0. The van der Waals surface area contributed by atoms with E-state index in [0.29, 0.717) is 19.3 Å². The highest BCUT2D eigenvalue weighted by molar-refractivity contribution is 5.83. The predicted octanol–water partition coefficient (Wildman–Crippen LogP) is 2.06. The molecule has 1 aliphatic carbocycles. The number of nitro groups is 1. The van der Waals surface area contributed by atoms with E-state index in [-0.39, 0.29) is 34.7 Å². The Morgan fingerprint density at radius 2 is 2.14 bits per heavy atom. The normalized spacial score (nSPS) is 28.6. The second-order valence-corrected chi connectivity index (χ2v) is 8.30. The number of para-hydroxylation sites is 2. The van der Waals surface area contributed by atoms with Gasteiger partial charge in [-0.25, -0.2) is 10.4 Å². The van der Waals surface area contributed by atoms with Crippen molar-refractivity contribution < 1.29 is 9.72 Å². The molecule has 2 aromatic rings. The Morgan fingerprint density at radius 3 is 2.86 bits per heavy atom. The van der Waals surface area contributed by atoms with Crippen molar-refractivity contribution in [3.63, 3.8) is 0 Å². The number of H-pyrrole nitrogens is 1. The fourth-order valence-corrected chi connectivity index (χ4v) is 4.56. The van der Waals surface area contributed by atoms with Gasteiger partial charge in [-0.1, -0.05) is 32.4 Å². The van der Waals surface area contributed by atoms with Crippen molar-refractivity contribution >= 4 is 16.9 Å². The van der Waals surface area contributed by atoms with Crippen molar-refractivity contribution in [3.8, 4) is 0 Å². The number of aromatic amines is 1. The fraction of sp³-hybridized carbons (Fsp3) is 0.600. The third-order valence-electron chi connectivity index (χ3n) is 6.52. The molecule has 2 aliphatic rings. The number of nitrogens with zero attached hydrogens (tertiary/aromatic N) is 2. The lowest BCUT2D eigenvalue weighted by atomic mass is 9.79. The number of benzene rings is 1. The smallest absolute Gasteiger partial charge is 0.239 e. The van der Waals surface area contributed by atoms with Gasteiger partial charge in [0.15, 0.2) is 0 Å². The van der Waals surface area contributed by atoms with Crippen LogP contribution in [-0.2, 0) is 4.79 Å². The average Bonchev–Trinajstić information content (AvgIpc) is 3.34.